The molecule has 1 rings (SSSR count). The second-order valence-corrected chi connectivity index (χ2v) is 6.40. The summed E-state index contributed by atoms with van der Waals surface area (Å²) in [5.41, 5.74) is 0. The van der Waals surface area contributed by atoms with E-state index in [0.717, 1.165) is 17.3 Å². The Bertz CT molecular complexity index is 326. The van der Waals surface area contributed by atoms with Crippen molar-refractivity contribution in [3.05, 3.63) is 29.3 Å². The maximum Gasteiger partial charge on any atom is 0.0406 e. The summed E-state index contributed by atoms with van der Waals surface area (Å²) >= 11 is 7.82. The minimum Gasteiger partial charge on any atom is -0.313 e. The summed E-state index contributed by atoms with van der Waals surface area (Å²) in [6, 6.07) is 8.77. The molecule has 3 heteroatoms. The fourth-order valence-corrected chi connectivity index (χ4v) is 3.21. The number of halogens is 1. The average molecular weight is 300 g/mol. The number of hydrogen-bond donors (Lipinski definition) is 1. The van der Waals surface area contributed by atoms with Gasteiger partial charge in [0.05, 0.1) is 0 Å². The van der Waals surface area contributed by atoms with Gasteiger partial charge in [-0.1, -0.05) is 51.1 Å². The first-order valence-corrected chi connectivity index (χ1v) is 8.74. The molecule has 1 atom stereocenters. The number of hydrogen-bond acceptors (Lipinski definition) is 2. The molecular formula is C16H26ClNS. The minimum absolute atomic E-state index is 0.627. The van der Waals surface area contributed by atoms with Crippen molar-refractivity contribution in [2.24, 2.45) is 0 Å². The van der Waals surface area contributed by atoms with Crippen LogP contribution in [0.1, 0.15) is 46.0 Å². The van der Waals surface area contributed by atoms with Crippen LogP contribution < -0.4 is 5.32 Å². The van der Waals surface area contributed by atoms with Crippen molar-refractivity contribution in [3.63, 3.8) is 0 Å². The van der Waals surface area contributed by atoms with Crippen LogP contribution in [0.2, 0.25) is 5.02 Å². The van der Waals surface area contributed by atoms with E-state index in [2.05, 4.69) is 31.3 Å². The van der Waals surface area contributed by atoms with Gasteiger partial charge < -0.3 is 5.32 Å². The van der Waals surface area contributed by atoms with Gasteiger partial charge in [-0.25, -0.2) is 0 Å². The van der Waals surface area contributed by atoms with E-state index < -0.39 is 0 Å². The van der Waals surface area contributed by atoms with E-state index in [9.17, 15) is 0 Å². The molecule has 19 heavy (non-hydrogen) atoms. The van der Waals surface area contributed by atoms with Crippen LogP contribution in [0.3, 0.4) is 0 Å². The zero-order valence-corrected chi connectivity index (χ0v) is 13.7. The largest absolute Gasteiger partial charge is 0.313 e. The summed E-state index contributed by atoms with van der Waals surface area (Å²) in [5, 5.41) is 4.41. The fraction of sp³-hybridized carbons (Fsp3) is 0.625. The lowest BCUT2D eigenvalue weighted by atomic mass is 10.1. The van der Waals surface area contributed by atoms with E-state index in [0.29, 0.717) is 6.04 Å². The first kappa shape index (κ1) is 16.9. The van der Waals surface area contributed by atoms with Gasteiger partial charge in [-0.2, -0.15) is 0 Å². The van der Waals surface area contributed by atoms with Crippen molar-refractivity contribution in [2.45, 2.75) is 56.9 Å². The zero-order chi connectivity index (χ0) is 13.9. The van der Waals surface area contributed by atoms with Gasteiger partial charge >= 0.3 is 0 Å². The van der Waals surface area contributed by atoms with Gasteiger partial charge in [0, 0.05) is 21.7 Å². The second kappa shape index (κ2) is 10.6. The molecule has 0 amide bonds. The Hall–Kier alpha value is -0.180. The molecule has 0 radical (unpaired) electrons. The van der Waals surface area contributed by atoms with Crippen LogP contribution in [-0.2, 0) is 0 Å². The highest BCUT2D eigenvalue weighted by molar-refractivity contribution is 7.99. The van der Waals surface area contributed by atoms with E-state index in [-0.39, 0.29) is 0 Å². The van der Waals surface area contributed by atoms with Crippen LogP contribution in [-0.4, -0.2) is 18.3 Å². The Balaban J connectivity index is 2.29. The van der Waals surface area contributed by atoms with Gasteiger partial charge in [-0.3, -0.25) is 0 Å². The summed E-state index contributed by atoms with van der Waals surface area (Å²) in [6.07, 6.45) is 6.67. The molecule has 0 heterocycles. The maximum atomic E-state index is 5.90. The van der Waals surface area contributed by atoms with Crippen LogP contribution in [0.5, 0.6) is 0 Å². The summed E-state index contributed by atoms with van der Waals surface area (Å²) in [7, 11) is 0. The van der Waals surface area contributed by atoms with Crippen LogP contribution in [0, 0.1) is 0 Å². The maximum absolute atomic E-state index is 5.90. The molecule has 0 saturated carbocycles. The number of nitrogens with one attached hydrogen (secondary N) is 1. The lowest BCUT2D eigenvalue weighted by Crippen LogP contribution is -2.31. The molecule has 0 spiro atoms. The molecule has 0 aromatic heterocycles. The van der Waals surface area contributed by atoms with Gasteiger partial charge in [-0.05, 0) is 37.2 Å². The molecule has 1 unspecified atom stereocenters. The normalized spacial score (nSPS) is 12.6. The van der Waals surface area contributed by atoms with Crippen LogP contribution in [0.15, 0.2) is 29.2 Å². The molecular weight excluding hydrogens is 274 g/mol. The van der Waals surface area contributed by atoms with Crippen molar-refractivity contribution in [1.82, 2.24) is 5.32 Å². The van der Waals surface area contributed by atoms with Gasteiger partial charge in [0.1, 0.15) is 0 Å². The third-order valence-electron chi connectivity index (χ3n) is 3.16. The van der Waals surface area contributed by atoms with Crippen LogP contribution in [0.25, 0.3) is 0 Å². The molecule has 0 bridgehead atoms. The lowest BCUT2D eigenvalue weighted by molar-refractivity contribution is 0.500. The first-order chi connectivity index (χ1) is 9.26. The third-order valence-corrected chi connectivity index (χ3v) is 4.59. The van der Waals surface area contributed by atoms with Gasteiger partial charge in [0.2, 0.25) is 0 Å². The van der Waals surface area contributed by atoms with Gasteiger partial charge in [0.15, 0.2) is 0 Å². The Morgan fingerprint density at radius 2 is 1.84 bits per heavy atom. The van der Waals surface area contributed by atoms with Gasteiger partial charge in [-0.15, -0.1) is 11.8 Å². The molecule has 1 nitrogen and oxygen atoms in total. The van der Waals surface area contributed by atoms with Crippen molar-refractivity contribution in [2.75, 3.05) is 12.3 Å². The van der Waals surface area contributed by atoms with E-state index in [1.165, 1.54) is 37.0 Å². The molecule has 1 aromatic rings. The Morgan fingerprint density at radius 1 is 1.11 bits per heavy atom. The summed E-state index contributed by atoms with van der Waals surface area (Å²) < 4.78 is 0. The highest BCUT2D eigenvalue weighted by Gasteiger charge is 2.07. The molecule has 0 aliphatic heterocycles. The molecule has 108 valence electrons. The molecule has 0 aliphatic rings. The average Bonchev–Trinajstić information content (AvgIpc) is 2.42. The predicted octanol–water partition coefficient (Wildman–Crippen LogP) is 5.38. The second-order valence-electron chi connectivity index (χ2n) is 4.87. The SMILES string of the molecule is CCCCCCC(CSc1ccc(Cl)cc1)NCC. The summed E-state index contributed by atoms with van der Waals surface area (Å²) in [6.45, 7) is 5.50. The van der Waals surface area contributed by atoms with E-state index in [1.807, 2.05) is 23.9 Å². The monoisotopic (exact) mass is 299 g/mol. The molecule has 0 fully saturated rings. The first-order valence-electron chi connectivity index (χ1n) is 7.38. The zero-order valence-electron chi connectivity index (χ0n) is 12.1. The van der Waals surface area contributed by atoms with Crippen molar-refractivity contribution in [3.8, 4) is 0 Å². The Morgan fingerprint density at radius 3 is 2.47 bits per heavy atom. The number of rotatable bonds is 10. The lowest BCUT2D eigenvalue weighted by Gasteiger charge is -2.17. The number of benzene rings is 1. The predicted molar refractivity (Wildman–Crippen MR) is 88.4 cm³/mol. The molecule has 0 saturated heterocycles. The van der Waals surface area contributed by atoms with Crippen LogP contribution in [0.4, 0.5) is 0 Å². The summed E-state index contributed by atoms with van der Waals surface area (Å²) in [5.74, 6) is 1.14. The highest BCUT2D eigenvalue weighted by Crippen LogP contribution is 2.22. The third kappa shape index (κ3) is 7.86. The quantitative estimate of drug-likeness (QED) is 0.460. The Kier molecular flexibility index (Phi) is 9.40. The van der Waals surface area contributed by atoms with E-state index >= 15 is 0 Å². The smallest absolute Gasteiger partial charge is 0.0406 e. The number of thioether (sulfide) groups is 1. The summed E-state index contributed by atoms with van der Waals surface area (Å²) in [4.78, 5) is 1.31. The molecule has 1 N–H and O–H groups in total. The number of unbranched alkanes of at least 4 members (excludes halogenated alkanes) is 3. The van der Waals surface area contributed by atoms with Crippen LogP contribution >= 0.6 is 23.4 Å². The standard InChI is InChI=1S/C16H26ClNS/c1-3-5-6-7-8-15(18-4-2)13-19-16-11-9-14(17)10-12-16/h9-12,15,18H,3-8,13H2,1-2H3. The molecule has 0 aliphatic carbocycles. The van der Waals surface area contributed by atoms with E-state index in [4.69, 9.17) is 11.6 Å². The van der Waals surface area contributed by atoms with Crippen molar-refractivity contribution in [1.29, 1.82) is 0 Å². The highest BCUT2D eigenvalue weighted by atomic mass is 35.5. The minimum atomic E-state index is 0.627. The Labute approximate surface area is 127 Å². The van der Waals surface area contributed by atoms with Crippen molar-refractivity contribution < 1.29 is 0 Å². The van der Waals surface area contributed by atoms with E-state index in [1.54, 1.807) is 0 Å². The van der Waals surface area contributed by atoms with Crippen molar-refractivity contribution >= 4 is 23.4 Å². The topological polar surface area (TPSA) is 12.0 Å². The molecule has 1 aromatic carbocycles. The van der Waals surface area contributed by atoms with Gasteiger partial charge in [0.25, 0.3) is 0 Å². The fourth-order valence-electron chi connectivity index (χ4n) is 2.08.